The van der Waals surface area contributed by atoms with E-state index in [0.717, 1.165) is 5.02 Å². The van der Waals surface area contributed by atoms with Crippen LogP contribution in [0.25, 0.3) is 22.0 Å². The van der Waals surface area contributed by atoms with Crippen LogP contribution in [0.5, 0.6) is 0 Å². The van der Waals surface area contributed by atoms with E-state index in [0.29, 0.717) is 6.04 Å². The Morgan fingerprint density at radius 1 is 1.04 bits per heavy atom. The number of aryl methyl sites for hydroxylation is 1. The molecule has 0 spiro atoms. The third kappa shape index (κ3) is 2.51. The van der Waals surface area contributed by atoms with Crippen LogP contribution in [0.2, 0.25) is 5.02 Å². The summed E-state index contributed by atoms with van der Waals surface area (Å²) in [5.41, 5.74) is 5.36. The third-order valence-corrected chi connectivity index (χ3v) is 5.95. The van der Waals surface area contributed by atoms with Crippen LogP contribution in [0, 0.1) is 6.04 Å². The lowest BCUT2D eigenvalue weighted by Gasteiger charge is -2.26. The molecule has 3 aromatic rings. The zero-order valence-corrected chi connectivity index (χ0v) is 15.3. The van der Waals surface area contributed by atoms with E-state index < -0.39 is 0 Å². The molecule has 5 rings (SSSR count). The zero-order chi connectivity index (χ0) is 17.0. The lowest BCUT2D eigenvalue weighted by Crippen LogP contribution is -2.23. The highest BCUT2D eigenvalue weighted by Crippen LogP contribution is 2.49. The first-order chi connectivity index (χ1) is 12.2. The van der Waals surface area contributed by atoms with Crippen LogP contribution >= 0.6 is 11.6 Å². The first kappa shape index (κ1) is 15.5. The molecule has 0 N–H and O–H groups in total. The Morgan fingerprint density at radius 2 is 1.84 bits per heavy atom. The normalized spacial score (nSPS) is 21.3. The monoisotopic (exact) mass is 349 g/mol. The van der Waals surface area contributed by atoms with Crippen LogP contribution in [0.3, 0.4) is 0 Å². The molecule has 1 aliphatic carbocycles. The van der Waals surface area contributed by atoms with Gasteiger partial charge < -0.3 is 4.57 Å². The van der Waals surface area contributed by atoms with Crippen LogP contribution in [0.1, 0.15) is 37.4 Å². The quantitative estimate of drug-likeness (QED) is 0.566. The Bertz CT molecular complexity index is 924. The van der Waals surface area contributed by atoms with E-state index >= 15 is 0 Å². The molecular formula is C22H22ClN2. The molecule has 3 heteroatoms. The fourth-order valence-corrected chi connectivity index (χ4v) is 4.68. The second-order valence-electron chi connectivity index (χ2n) is 7.26. The molecule has 127 valence electrons. The summed E-state index contributed by atoms with van der Waals surface area (Å²) in [6.45, 7) is 1.20. The van der Waals surface area contributed by atoms with Crippen LogP contribution in [-0.4, -0.2) is 16.0 Å². The van der Waals surface area contributed by atoms with Crippen molar-refractivity contribution in [1.82, 2.24) is 9.47 Å². The Labute approximate surface area is 154 Å². The van der Waals surface area contributed by atoms with Gasteiger partial charge in [-0.1, -0.05) is 41.9 Å². The van der Waals surface area contributed by atoms with E-state index in [-0.39, 0.29) is 0 Å². The van der Waals surface area contributed by atoms with E-state index in [2.05, 4.69) is 59.0 Å². The summed E-state index contributed by atoms with van der Waals surface area (Å²) in [5, 5.41) is 2.07. The van der Waals surface area contributed by atoms with Gasteiger partial charge in [0.15, 0.2) is 0 Å². The van der Waals surface area contributed by atoms with E-state index in [1.54, 1.807) is 6.04 Å². The van der Waals surface area contributed by atoms with E-state index in [1.165, 1.54) is 60.0 Å². The minimum absolute atomic E-state index is 0.490. The minimum atomic E-state index is 0.490. The Kier molecular flexibility index (Phi) is 3.65. The fraction of sp³-hybridized carbons (Fsp3) is 0.318. The van der Waals surface area contributed by atoms with Crippen LogP contribution in [0.4, 0.5) is 0 Å². The fourth-order valence-electron chi connectivity index (χ4n) is 4.51. The predicted octanol–water partition coefficient (Wildman–Crippen LogP) is 5.96. The number of nitrogens with zero attached hydrogens (tertiary/aromatic N) is 2. The van der Waals surface area contributed by atoms with E-state index in [9.17, 15) is 0 Å². The number of likely N-dealkylation sites (tertiary alicyclic amines) is 1. The molecule has 25 heavy (non-hydrogen) atoms. The van der Waals surface area contributed by atoms with Crippen molar-refractivity contribution in [3.63, 3.8) is 0 Å². The van der Waals surface area contributed by atoms with Crippen molar-refractivity contribution in [2.75, 3.05) is 6.54 Å². The Morgan fingerprint density at radius 3 is 2.60 bits per heavy atom. The highest BCUT2D eigenvalue weighted by atomic mass is 35.5. The SMILES string of the molecule is Cn1c(C2CCCN2[C]2CC2)c(-c2ccccc2)c2cc(Cl)ccc21. The molecule has 1 atom stereocenters. The molecule has 2 heterocycles. The maximum atomic E-state index is 6.36. The maximum Gasteiger partial charge on any atom is 0.0513 e. The number of hydrogen-bond donors (Lipinski definition) is 0. The standard InChI is InChI=1S/C22H22ClN2/c1-24-19-12-9-16(23)14-18(19)21(15-6-3-2-4-7-15)22(24)20-8-5-13-25(20)17-10-11-17/h2-4,6-7,9,12,14,20H,5,8,10-11,13H2,1H3. The number of aromatic nitrogens is 1. The molecule has 1 aliphatic heterocycles. The van der Waals surface area contributed by atoms with Gasteiger partial charge in [-0.05, 0) is 56.0 Å². The smallest absolute Gasteiger partial charge is 0.0513 e. The Hall–Kier alpha value is -1.77. The summed E-state index contributed by atoms with van der Waals surface area (Å²) in [7, 11) is 2.21. The number of rotatable bonds is 3. The summed E-state index contributed by atoms with van der Waals surface area (Å²) < 4.78 is 2.40. The van der Waals surface area contributed by atoms with Crippen LogP contribution in [-0.2, 0) is 7.05 Å². The van der Waals surface area contributed by atoms with Gasteiger partial charge in [0, 0.05) is 40.3 Å². The van der Waals surface area contributed by atoms with Gasteiger partial charge in [0.05, 0.1) is 6.04 Å². The van der Waals surface area contributed by atoms with Crippen LogP contribution in [0.15, 0.2) is 48.5 Å². The number of halogens is 1. The Balaban J connectivity index is 1.78. The molecule has 0 amide bonds. The van der Waals surface area contributed by atoms with E-state index in [4.69, 9.17) is 11.6 Å². The lowest BCUT2D eigenvalue weighted by molar-refractivity contribution is 0.297. The predicted molar refractivity (Wildman–Crippen MR) is 105 cm³/mol. The molecule has 1 saturated carbocycles. The third-order valence-electron chi connectivity index (χ3n) is 5.72. The molecule has 2 fully saturated rings. The van der Waals surface area contributed by atoms with Crippen molar-refractivity contribution in [1.29, 1.82) is 0 Å². The first-order valence-corrected chi connectivity index (χ1v) is 9.56. The molecule has 1 saturated heterocycles. The summed E-state index contributed by atoms with van der Waals surface area (Å²) >= 11 is 6.36. The molecule has 0 bridgehead atoms. The zero-order valence-electron chi connectivity index (χ0n) is 14.5. The second kappa shape index (κ2) is 5.89. The van der Waals surface area contributed by atoms with Gasteiger partial charge >= 0.3 is 0 Å². The topological polar surface area (TPSA) is 8.17 Å². The molecule has 2 aliphatic rings. The van der Waals surface area contributed by atoms with Gasteiger partial charge in [0.1, 0.15) is 0 Å². The number of hydrogen-bond acceptors (Lipinski definition) is 1. The first-order valence-electron chi connectivity index (χ1n) is 9.18. The van der Waals surface area contributed by atoms with Crippen molar-refractivity contribution in [3.05, 3.63) is 65.3 Å². The molecule has 1 aromatic heterocycles. The maximum absolute atomic E-state index is 6.36. The average Bonchev–Trinajstić information content (AvgIpc) is 3.29. The molecule has 1 radical (unpaired) electrons. The average molecular weight is 350 g/mol. The minimum Gasteiger partial charge on any atom is -0.346 e. The summed E-state index contributed by atoms with van der Waals surface area (Å²) in [6.07, 6.45) is 5.09. The van der Waals surface area contributed by atoms with Gasteiger partial charge in [0.2, 0.25) is 0 Å². The number of fused-ring (bicyclic) bond motifs is 1. The van der Waals surface area contributed by atoms with Crippen LogP contribution < -0.4 is 0 Å². The van der Waals surface area contributed by atoms with Crippen molar-refractivity contribution in [2.24, 2.45) is 7.05 Å². The summed E-state index contributed by atoms with van der Waals surface area (Å²) in [6, 6.07) is 19.2. The molecule has 2 aromatic carbocycles. The second-order valence-corrected chi connectivity index (χ2v) is 7.70. The van der Waals surface area contributed by atoms with Gasteiger partial charge in [-0.3, -0.25) is 4.90 Å². The van der Waals surface area contributed by atoms with Crippen molar-refractivity contribution >= 4 is 22.5 Å². The van der Waals surface area contributed by atoms with Crippen molar-refractivity contribution in [3.8, 4) is 11.1 Å². The van der Waals surface area contributed by atoms with Gasteiger partial charge in [0.25, 0.3) is 0 Å². The van der Waals surface area contributed by atoms with Gasteiger partial charge in [-0.25, -0.2) is 0 Å². The highest BCUT2D eigenvalue weighted by Gasteiger charge is 2.40. The van der Waals surface area contributed by atoms with Crippen molar-refractivity contribution in [2.45, 2.75) is 31.7 Å². The van der Waals surface area contributed by atoms with Gasteiger partial charge in [-0.2, -0.15) is 0 Å². The lowest BCUT2D eigenvalue weighted by atomic mass is 9.97. The summed E-state index contributed by atoms with van der Waals surface area (Å²) in [4.78, 5) is 2.67. The van der Waals surface area contributed by atoms with Gasteiger partial charge in [-0.15, -0.1) is 0 Å². The highest BCUT2D eigenvalue weighted by molar-refractivity contribution is 6.31. The largest absolute Gasteiger partial charge is 0.346 e. The molecular weight excluding hydrogens is 328 g/mol. The summed E-state index contributed by atoms with van der Waals surface area (Å²) in [5.74, 6) is 0. The molecule has 1 unspecified atom stereocenters. The van der Waals surface area contributed by atoms with Crippen molar-refractivity contribution < 1.29 is 0 Å². The molecule has 2 nitrogen and oxygen atoms in total. The van der Waals surface area contributed by atoms with E-state index in [1.807, 2.05) is 6.07 Å². The number of benzene rings is 2.